The Bertz CT molecular complexity index is 329. The third-order valence-corrected chi connectivity index (χ3v) is 3.09. The van der Waals surface area contributed by atoms with E-state index >= 15 is 0 Å². The van der Waals surface area contributed by atoms with E-state index in [1.165, 1.54) is 12.1 Å². The quantitative estimate of drug-likeness (QED) is 0.660. The largest absolute Gasteiger partial charge is 0.383 e. The molecule has 1 aromatic rings. The summed E-state index contributed by atoms with van der Waals surface area (Å²) in [6.45, 7) is 6.77. The first-order valence-electron chi connectivity index (χ1n) is 6.98. The van der Waals surface area contributed by atoms with Crippen LogP contribution in [0, 0.1) is 5.82 Å². The van der Waals surface area contributed by atoms with Gasteiger partial charge >= 0.3 is 0 Å². The molecular weight excluding hydrogens is 243 g/mol. The topological polar surface area (TPSA) is 24.5 Å². The molecule has 3 nitrogen and oxygen atoms in total. The van der Waals surface area contributed by atoms with Crippen molar-refractivity contribution in [2.75, 3.05) is 44.8 Å². The van der Waals surface area contributed by atoms with Gasteiger partial charge in [0, 0.05) is 32.4 Å². The first kappa shape index (κ1) is 15.9. The maximum Gasteiger partial charge on any atom is 0.123 e. The second-order valence-electron chi connectivity index (χ2n) is 4.51. The number of halogens is 1. The fourth-order valence-electron chi connectivity index (χ4n) is 1.97. The van der Waals surface area contributed by atoms with Crippen LogP contribution in [-0.4, -0.2) is 39.9 Å². The van der Waals surface area contributed by atoms with Crippen molar-refractivity contribution in [2.24, 2.45) is 0 Å². The number of anilines is 1. The zero-order valence-corrected chi connectivity index (χ0v) is 12.0. The van der Waals surface area contributed by atoms with Crippen LogP contribution in [0.2, 0.25) is 0 Å². The van der Waals surface area contributed by atoms with Gasteiger partial charge in [-0.1, -0.05) is 0 Å². The number of nitrogens with one attached hydrogen (secondary N) is 1. The molecule has 0 amide bonds. The van der Waals surface area contributed by atoms with Crippen LogP contribution in [0.4, 0.5) is 10.1 Å². The average molecular weight is 268 g/mol. The molecule has 0 fully saturated rings. The van der Waals surface area contributed by atoms with Crippen molar-refractivity contribution in [2.45, 2.75) is 19.8 Å². The second-order valence-corrected chi connectivity index (χ2v) is 4.51. The van der Waals surface area contributed by atoms with Crippen LogP contribution in [0.1, 0.15) is 19.8 Å². The summed E-state index contributed by atoms with van der Waals surface area (Å²) in [5, 5.41) is 3.33. The molecule has 0 aliphatic heterocycles. The van der Waals surface area contributed by atoms with Crippen LogP contribution in [0.25, 0.3) is 0 Å². The number of hydrogen-bond donors (Lipinski definition) is 1. The van der Waals surface area contributed by atoms with Gasteiger partial charge in [0.2, 0.25) is 0 Å². The van der Waals surface area contributed by atoms with Crippen LogP contribution in [0.3, 0.4) is 0 Å². The Morgan fingerprint density at radius 2 is 1.89 bits per heavy atom. The van der Waals surface area contributed by atoms with Gasteiger partial charge in [0.25, 0.3) is 0 Å². The van der Waals surface area contributed by atoms with E-state index in [9.17, 15) is 4.39 Å². The highest BCUT2D eigenvalue weighted by atomic mass is 19.1. The van der Waals surface area contributed by atoms with Gasteiger partial charge in [-0.05, 0) is 50.6 Å². The van der Waals surface area contributed by atoms with E-state index in [4.69, 9.17) is 4.74 Å². The number of methoxy groups -OCH3 is 1. The molecule has 0 saturated carbocycles. The van der Waals surface area contributed by atoms with Crippen LogP contribution in [0.15, 0.2) is 24.3 Å². The van der Waals surface area contributed by atoms with E-state index in [2.05, 4.69) is 17.1 Å². The molecule has 0 spiro atoms. The maximum absolute atomic E-state index is 12.9. The molecule has 0 aliphatic rings. The Morgan fingerprint density at radius 1 is 1.16 bits per heavy atom. The molecule has 0 unspecified atom stereocenters. The predicted molar refractivity (Wildman–Crippen MR) is 78.3 cm³/mol. The third kappa shape index (κ3) is 6.55. The fraction of sp³-hybridized carbons (Fsp3) is 0.600. The SMILES string of the molecule is CCN(CCCCNCCOC)c1ccc(F)cc1. The summed E-state index contributed by atoms with van der Waals surface area (Å²) in [5.74, 6) is -0.179. The Morgan fingerprint density at radius 3 is 2.53 bits per heavy atom. The molecular formula is C15H25FN2O. The van der Waals surface area contributed by atoms with Gasteiger partial charge in [0.15, 0.2) is 0 Å². The minimum absolute atomic E-state index is 0.179. The van der Waals surface area contributed by atoms with Crippen molar-refractivity contribution in [1.82, 2.24) is 5.32 Å². The Kier molecular flexibility index (Phi) is 8.18. The first-order valence-corrected chi connectivity index (χ1v) is 6.98. The normalized spacial score (nSPS) is 10.7. The summed E-state index contributed by atoms with van der Waals surface area (Å²) in [6, 6.07) is 6.72. The zero-order chi connectivity index (χ0) is 13.9. The molecule has 1 rings (SSSR count). The Labute approximate surface area is 115 Å². The molecule has 0 atom stereocenters. The van der Waals surface area contributed by atoms with E-state index in [-0.39, 0.29) is 5.82 Å². The minimum Gasteiger partial charge on any atom is -0.383 e. The lowest BCUT2D eigenvalue weighted by Gasteiger charge is -2.23. The van der Waals surface area contributed by atoms with E-state index in [1.807, 2.05) is 12.1 Å². The summed E-state index contributed by atoms with van der Waals surface area (Å²) in [4.78, 5) is 2.27. The van der Waals surface area contributed by atoms with Crippen molar-refractivity contribution < 1.29 is 9.13 Å². The lowest BCUT2D eigenvalue weighted by Crippen LogP contribution is -2.25. The van der Waals surface area contributed by atoms with Crippen LogP contribution >= 0.6 is 0 Å². The van der Waals surface area contributed by atoms with Crippen molar-refractivity contribution >= 4 is 5.69 Å². The molecule has 108 valence electrons. The summed E-state index contributed by atoms with van der Waals surface area (Å²) in [5.41, 5.74) is 1.09. The van der Waals surface area contributed by atoms with Crippen LogP contribution in [-0.2, 0) is 4.74 Å². The van der Waals surface area contributed by atoms with E-state index < -0.39 is 0 Å². The van der Waals surface area contributed by atoms with Crippen molar-refractivity contribution in [3.63, 3.8) is 0 Å². The molecule has 0 heterocycles. The molecule has 1 aromatic carbocycles. The lowest BCUT2D eigenvalue weighted by molar-refractivity contribution is 0.199. The monoisotopic (exact) mass is 268 g/mol. The summed E-state index contributed by atoms with van der Waals surface area (Å²) >= 11 is 0. The molecule has 0 aromatic heterocycles. The van der Waals surface area contributed by atoms with Gasteiger partial charge in [0.1, 0.15) is 5.82 Å². The molecule has 0 aliphatic carbocycles. The standard InChI is InChI=1S/C15H25FN2O/c1-3-18(15-8-6-14(16)7-9-15)12-5-4-10-17-11-13-19-2/h6-9,17H,3-5,10-13H2,1-2H3. The van der Waals surface area contributed by atoms with Gasteiger partial charge in [0.05, 0.1) is 6.61 Å². The predicted octanol–water partition coefficient (Wildman–Crippen LogP) is 2.67. The van der Waals surface area contributed by atoms with Crippen LogP contribution < -0.4 is 10.2 Å². The van der Waals surface area contributed by atoms with Crippen LogP contribution in [0.5, 0.6) is 0 Å². The van der Waals surface area contributed by atoms with E-state index in [1.54, 1.807) is 7.11 Å². The second kappa shape index (κ2) is 9.75. The summed E-state index contributed by atoms with van der Waals surface area (Å²) in [7, 11) is 1.71. The molecule has 1 N–H and O–H groups in total. The van der Waals surface area contributed by atoms with Crippen molar-refractivity contribution in [3.8, 4) is 0 Å². The zero-order valence-electron chi connectivity index (χ0n) is 12.0. The summed E-state index contributed by atoms with van der Waals surface area (Å²) < 4.78 is 17.8. The smallest absolute Gasteiger partial charge is 0.123 e. The fourth-order valence-corrected chi connectivity index (χ4v) is 1.97. The number of benzene rings is 1. The van der Waals surface area contributed by atoms with Crippen molar-refractivity contribution in [3.05, 3.63) is 30.1 Å². The molecule has 0 saturated heterocycles. The molecule has 4 heteroatoms. The third-order valence-electron chi connectivity index (χ3n) is 3.09. The highest BCUT2D eigenvalue weighted by molar-refractivity contribution is 5.45. The molecule has 19 heavy (non-hydrogen) atoms. The van der Waals surface area contributed by atoms with Gasteiger partial charge in [-0.3, -0.25) is 0 Å². The Balaban J connectivity index is 2.20. The lowest BCUT2D eigenvalue weighted by atomic mass is 10.2. The van der Waals surface area contributed by atoms with Gasteiger partial charge < -0.3 is 15.0 Å². The van der Waals surface area contributed by atoms with Gasteiger partial charge in [-0.2, -0.15) is 0 Å². The number of rotatable bonds is 10. The highest BCUT2D eigenvalue weighted by Crippen LogP contribution is 2.15. The number of nitrogens with zero attached hydrogens (tertiary/aromatic N) is 1. The van der Waals surface area contributed by atoms with Crippen molar-refractivity contribution in [1.29, 1.82) is 0 Å². The van der Waals surface area contributed by atoms with Gasteiger partial charge in [-0.25, -0.2) is 4.39 Å². The van der Waals surface area contributed by atoms with Gasteiger partial charge in [-0.15, -0.1) is 0 Å². The number of unbranched alkanes of at least 4 members (excludes halogenated alkanes) is 1. The first-order chi connectivity index (χ1) is 9.27. The maximum atomic E-state index is 12.9. The number of hydrogen-bond acceptors (Lipinski definition) is 3. The minimum atomic E-state index is -0.179. The van der Waals surface area contributed by atoms with E-state index in [0.717, 1.165) is 51.3 Å². The van der Waals surface area contributed by atoms with E-state index in [0.29, 0.717) is 0 Å². The number of ether oxygens (including phenoxy) is 1. The molecule has 0 bridgehead atoms. The average Bonchev–Trinajstić information content (AvgIpc) is 2.43. The highest BCUT2D eigenvalue weighted by Gasteiger charge is 2.03. The molecule has 0 radical (unpaired) electrons. The Hall–Kier alpha value is -1.13. The summed E-state index contributed by atoms with van der Waals surface area (Å²) in [6.07, 6.45) is 2.27.